The minimum atomic E-state index is -4.58. The average molecular weight is 448 g/mol. The van der Waals surface area contributed by atoms with Gasteiger partial charge in [-0.25, -0.2) is 4.79 Å². The van der Waals surface area contributed by atoms with Gasteiger partial charge < -0.3 is 37.6 Å². The first-order valence-corrected chi connectivity index (χ1v) is 10.4. The van der Waals surface area contributed by atoms with E-state index in [2.05, 4.69) is 15.4 Å². The Kier molecular flexibility index (Phi) is 7.65. The van der Waals surface area contributed by atoms with Crippen molar-refractivity contribution < 1.29 is 51.7 Å². The number of hydrogen-bond acceptors (Lipinski definition) is 10. The lowest BCUT2D eigenvalue weighted by Crippen LogP contribution is -2.23. The van der Waals surface area contributed by atoms with E-state index in [1.807, 2.05) is 0 Å². The van der Waals surface area contributed by atoms with Crippen molar-refractivity contribution in [2.75, 3.05) is 12.8 Å². The van der Waals surface area contributed by atoms with Gasteiger partial charge in [-0.05, 0) is 26.8 Å². The maximum absolute atomic E-state index is 12.2. The normalized spacial score (nSPS) is 14.9. The average Bonchev–Trinajstić information content (AvgIpc) is 3.13. The van der Waals surface area contributed by atoms with Crippen molar-refractivity contribution in [2.45, 2.75) is 33.3 Å². The maximum Gasteiger partial charge on any atom is 0.519 e. The SMILES string of the molecule is C=C1OC(C)=C(COC(=O)CCC(CP(=O)(O)O)C(=O)OCc2oc(=O)oc2C)O1. The van der Waals surface area contributed by atoms with E-state index in [1.165, 1.54) is 6.92 Å². The summed E-state index contributed by atoms with van der Waals surface area (Å²) < 4.78 is 40.8. The molecule has 0 bridgehead atoms. The Morgan fingerprint density at radius 3 is 2.37 bits per heavy atom. The van der Waals surface area contributed by atoms with Gasteiger partial charge in [0.2, 0.25) is 0 Å². The minimum Gasteiger partial charge on any atom is -0.457 e. The van der Waals surface area contributed by atoms with Gasteiger partial charge in [0, 0.05) is 6.42 Å². The summed E-state index contributed by atoms with van der Waals surface area (Å²) >= 11 is 0. The van der Waals surface area contributed by atoms with Crippen molar-refractivity contribution in [3.05, 3.63) is 46.2 Å². The van der Waals surface area contributed by atoms with Crippen LogP contribution in [-0.2, 0) is 39.7 Å². The van der Waals surface area contributed by atoms with Crippen molar-refractivity contribution in [1.29, 1.82) is 0 Å². The monoisotopic (exact) mass is 448 g/mol. The molecule has 1 unspecified atom stereocenters. The van der Waals surface area contributed by atoms with Crippen LogP contribution < -0.4 is 5.82 Å². The Morgan fingerprint density at radius 1 is 1.13 bits per heavy atom. The molecule has 0 radical (unpaired) electrons. The quantitative estimate of drug-likeness (QED) is 0.390. The summed E-state index contributed by atoms with van der Waals surface area (Å²) in [6, 6.07) is 0. The summed E-state index contributed by atoms with van der Waals surface area (Å²) in [6.07, 6.45) is -1.37. The number of ether oxygens (including phenoxy) is 4. The molecule has 0 saturated heterocycles. The Balaban J connectivity index is 1.89. The molecule has 166 valence electrons. The van der Waals surface area contributed by atoms with Crippen LogP contribution in [0, 0.1) is 12.8 Å². The third-order valence-electron chi connectivity index (χ3n) is 3.93. The summed E-state index contributed by atoms with van der Waals surface area (Å²) in [5.74, 6) is -3.20. The topological polar surface area (TPSA) is 172 Å². The van der Waals surface area contributed by atoms with Crippen molar-refractivity contribution in [3.63, 3.8) is 0 Å². The highest BCUT2D eigenvalue weighted by atomic mass is 31.2. The number of aryl methyl sites for hydroxylation is 1. The standard InChI is InChI=1S/C17H21O12P/c1-9-13(28-11(3)26-9)6-24-15(18)5-4-12(8-30(21,22)23)16(19)25-7-14-10(2)27-17(20)29-14/h12H,3-8H2,1-2H3,(H2,21,22,23). The van der Waals surface area contributed by atoms with Crippen molar-refractivity contribution >= 4 is 19.5 Å². The van der Waals surface area contributed by atoms with Crippen LogP contribution in [0.15, 0.2) is 37.7 Å². The molecular formula is C17H21O12P. The largest absolute Gasteiger partial charge is 0.519 e. The molecule has 2 heterocycles. The molecule has 2 N–H and O–H groups in total. The molecule has 1 aromatic rings. The highest BCUT2D eigenvalue weighted by Gasteiger charge is 2.30. The van der Waals surface area contributed by atoms with E-state index in [-0.39, 0.29) is 42.7 Å². The lowest BCUT2D eigenvalue weighted by Gasteiger charge is -2.16. The van der Waals surface area contributed by atoms with E-state index < -0.39 is 44.0 Å². The fourth-order valence-electron chi connectivity index (χ4n) is 2.43. The minimum absolute atomic E-state index is 0.0355. The zero-order chi connectivity index (χ0) is 22.5. The van der Waals surface area contributed by atoms with Crippen LogP contribution in [0.5, 0.6) is 0 Å². The van der Waals surface area contributed by atoms with E-state index in [0.29, 0.717) is 5.76 Å². The first kappa shape index (κ1) is 23.5. The highest BCUT2D eigenvalue weighted by molar-refractivity contribution is 7.51. The lowest BCUT2D eigenvalue weighted by atomic mass is 10.1. The van der Waals surface area contributed by atoms with Gasteiger partial charge >= 0.3 is 25.4 Å². The number of carbonyl (C=O) groups excluding carboxylic acids is 2. The molecular weight excluding hydrogens is 427 g/mol. The predicted octanol–water partition coefficient (Wildman–Crippen LogP) is 1.45. The van der Waals surface area contributed by atoms with Crippen LogP contribution in [-0.4, -0.2) is 34.5 Å². The molecule has 1 aliphatic heterocycles. The van der Waals surface area contributed by atoms with E-state index >= 15 is 0 Å². The summed E-state index contributed by atoms with van der Waals surface area (Å²) in [7, 11) is -4.58. The fraction of sp³-hybridized carbons (Fsp3) is 0.471. The van der Waals surface area contributed by atoms with Crippen molar-refractivity contribution in [1.82, 2.24) is 0 Å². The van der Waals surface area contributed by atoms with Crippen LogP contribution in [0.25, 0.3) is 0 Å². The number of esters is 2. The van der Waals surface area contributed by atoms with Gasteiger partial charge in [0.15, 0.2) is 30.5 Å². The van der Waals surface area contributed by atoms with E-state index in [1.54, 1.807) is 6.92 Å². The van der Waals surface area contributed by atoms with Gasteiger partial charge in [0.05, 0.1) is 12.1 Å². The molecule has 0 spiro atoms. The molecule has 1 atom stereocenters. The number of carbonyl (C=O) groups is 2. The van der Waals surface area contributed by atoms with E-state index in [9.17, 15) is 28.7 Å². The first-order chi connectivity index (χ1) is 13.9. The molecule has 0 fully saturated rings. The molecule has 0 aliphatic carbocycles. The second-order valence-corrected chi connectivity index (χ2v) is 8.03. The van der Waals surface area contributed by atoms with E-state index in [0.717, 1.165) is 0 Å². The zero-order valence-electron chi connectivity index (χ0n) is 16.2. The Bertz CT molecular complexity index is 946. The van der Waals surface area contributed by atoms with Crippen LogP contribution in [0.4, 0.5) is 0 Å². The van der Waals surface area contributed by atoms with Crippen LogP contribution in [0.2, 0.25) is 0 Å². The molecule has 13 heteroatoms. The lowest BCUT2D eigenvalue weighted by molar-refractivity contribution is -0.151. The van der Waals surface area contributed by atoms with Crippen molar-refractivity contribution in [3.8, 4) is 0 Å². The van der Waals surface area contributed by atoms with Gasteiger partial charge in [-0.15, -0.1) is 0 Å². The van der Waals surface area contributed by atoms with Gasteiger partial charge in [-0.3, -0.25) is 14.2 Å². The molecule has 1 aliphatic rings. The second-order valence-electron chi connectivity index (χ2n) is 6.34. The molecule has 12 nitrogen and oxygen atoms in total. The summed E-state index contributed by atoms with van der Waals surface area (Å²) in [5, 5.41) is 0. The summed E-state index contributed by atoms with van der Waals surface area (Å²) in [6.45, 7) is 5.78. The van der Waals surface area contributed by atoms with Crippen LogP contribution in [0.3, 0.4) is 0 Å². The number of allylic oxidation sites excluding steroid dienone is 1. The Morgan fingerprint density at radius 2 is 1.83 bits per heavy atom. The molecule has 1 aromatic heterocycles. The van der Waals surface area contributed by atoms with Gasteiger partial charge in [-0.1, -0.05) is 0 Å². The molecule has 30 heavy (non-hydrogen) atoms. The fourth-order valence-corrected chi connectivity index (χ4v) is 3.34. The van der Waals surface area contributed by atoms with Crippen molar-refractivity contribution in [2.24, 2.45) is 5.92 Å². The zero-order valence-corrected chi connectivity index (χ0v) is 17.1. The third-order valence-corrected chi connectivity index (χ3v) is 4.85. The Hall–Kier alpha value is -2.82. The molecule has 2 rings (SSSR count). The maximum atomic E-state index is 12.2. The number of hydrogen-bond donors (Lipinski definition) is 2. The summed E-state index contributed by atoms with van der Waals surface area (Å²) in [5.41, 5.74) is 0. The highest BCUT2D eigenvalue weighted by Crippen LogP contribution is 2.38. The van der Waals surface area contributed by atoms with Crippen LogP contribution in [0.1, 0.15) is 31.3 Å². The third kappa shape index (κ3) is 7.21. The van der Waals surface area contributed by atoms with Gasteiger partial charge in [0.1, 0.15) is 5.76 Å². The first-order valence-electron chi connectivity index (χ1n) is 8.65. The number of rotatable bonds is 10. The molecule has 0 saturated carbocycles. The smallest absolute Gasteiger partial charge is 0.457 e. The molecule has 0 aromatic carbocycles. The predicted molar refractivity (Wildman–Crippen MR) is 96.4 cm³/mol. The van der Waals surface area contributed by atoms with Gasteiger partial charge in [0.25, 0.3) is 5.95 Å². The summed E-state index contributed by atoms with van der Waals surface area (Å²) in [4.78, 5) is 53.6. The van der Waals surface area contributed by atoms with Crippen LogP contribution >= 0.6 is 7.60 Å². The molecule has 0 amide bonds. The van der Waals surface area contributed by atoms with Gasteiger partial charge in [-0.2, -0.15) is 0 Å². The second kappa shape index (κ2) is 9.79. The Labute approximate surface area is 170 Å². The van der Waals surface area contributed by atoms with E-state index in [4.69, 9.17) is 18.9 Å².